The highest BCUT2D eigenvalue weighted by atomic mass is 32.2. The molecule has 9 nitrogen and oxygen atoms in total. The van der Waals surface area contributed by atoms with Crippen LogP contribution in [0.5, 0.6) is 0 Å². The number of benzene rings is 2. The molecule has 11 heteroatoms. The van der Waals surface area contributed by atoms with Crippen molar-refractivity contribution in [2.24, 2.45) is 21.1 Å². The Hall–Kier alpha value is -2.76. The molecule has 0 radical (unpaired) electrons. The highest BCUT2D eigenvalue weighted by molar-refractivity contribution is 7.86. The number of amides is 1. The molecule has 1 amide bonds. The van der Waals surface area contributed by atoms with E-state index in [0.717, 1.165) is 5.01 Å². The first-order valence-corrected chi connectivity index (χ1v) is 9.13. The Balaban J connectivity index is 2.03. The van der Waals surface area contributed by atoms with Gasteiger partial charge in [0.15, 0.2) is 11.2 Å². The van der Waals surface area contributed by atoms with Gasteiger partial charge < -0.3 is 5.73 Å². The lowest BCUT2D eigenvalue weighted by Crippen LogP contribution is -2.37. The van der Waals surface area contributed by atoms with E-state index in [1.165, 1.54) is 12.1 Å². The molecule has 2 aromatic carbocycles. The SMILES string of the molecule is CC1=NN(C(N)=S)C(=O)[C@@H]1N=Nc1ccc(S(=O)(=O)O)c2ccccc12. The minimum absolute atomic E-state index is 0.185. The van der Waals surface area contributed by atoms with Crippen LogP contribution in [0.2, 0.25) is 0 Å². The number of hydrogen-bond donors (Lipinski definition) is 2. The summed E-state index contributed by atoms with van der Waals surface area (Å²) >= 11 is 4.75. The van der Waals surface area contributed by atoms with Crippen LogP contribution < -0.4 is 5.73 Å². The molecule has 134 valence electrons. The lowest BCUT2D eigenvalue weighted by molar-refractivity contribution is -0.126. The van der Waals surface area contributed by atoms with Gasteiger partial charge in [-0.2, -0.15) is 28.8 Å². The fraction of sp³-hybridized carbons (Fsp3) is 0.133. The molecule has 1 aliphatic rings. The zero-order valence-corrected chi connectivity index (χ0v) is 15.0. The van der Waals surface area contributed by atoms with Gasteiger partial charge in [-0.3, -0.25) is 9.35 Å². The van der Waals surface area contributed by atoms with Gasteiger partial charge >= 0.3 is 0 Å². The third-order valence-corrected chi connectivity index (χ3v) is 4.81. The molecule has 26 heavy (non-hydrogen) atoms. The molecule has 0 aromatic heterocycles. The molecule has 0 aliphatic carbocycles. The van der Waals surface area contributed by atoms with Gasteiger partial charge in [0.1, 0.15) is 4.90 Å². The van der Waals surface area contributed by atoms with E-state index in [1.54, 1.807) is 31.2 Å². The lowest BCUT2D eigenvalue weighted by Gasteiger charge is -2.09. The second-order valence-corrected chi connectivity index (χ2v) is 7.26. The predicted molar refractivity (Wildman–Crippen MR) is 98.8 cm³/mol. The second kappa shape index (κ2) is 6.52. The van der Waals surface area contributed by atoms with E-state index < -0.39 is 22.1 Å². The smallest absolute Gasteiger partial charge is 0.295 e. The van der Waals surface area contributed by atoms with Crippen LogP contribution in [0.4, 0.5) is 5.69 Å². The topological polar surface area (TPSA) is 138 Å². The number of nitrogens with zero attached hydrogens (tertiary/aromatic N) is 4. The Morgan fingerprint density at radius 2 is 1.92 bits per heavy atom. The predicted octanol–water partition coefficient (Wildman–Crippen LogP) is 2.00. The van der Waals surface area contributed by atoms with Crippen LogP contribution >= 0.6 is 12.2 Å². The number of thiocarbonyl (C=S) groups is 1. The molecule has 3 rings (SSSR count). The molecule has 0 saturated carbocycles. The maximum atomic E-state index is 12.2. The quantitative estimate of drug-likeness (QED) is 0.466. The van der Waals surface area contributed by atoms with Crippen molar-refractivity contribution >= 4 is 55.5 Å². The zero-order valence-electron chi connectivity index (χ0n) is 13.4. The van der Waals surface area contributed by atoms with Crippen LogP contribution in [0, 0.1) is 0 Å². The fourth-order valence-electron chi connectivity index (χ4n) is 2.53. The lowest BCUT2D eigenvalue weighted by atomic mass is 10.1. The third-order valence-electron chi connectivity index (χ3n) is 3.72. The van der Waals surface area contributed by atoms with Gasteiger partial charge in [-0.15, -0.1) is 0 Å². The van der Waals surface area contributed by atoms with Crippen molar-refractivity contribution in [2.75, 3.05) is 0 Å². The van der Waals surface area contributed by atoms with E-state index in [0.29, 0.717) is 22.2 Å². The Bertz CT molecular complexity index is 1090. The highest BCUT2D eigenvalue weighted by Crippen LogP contribution is 2.31. The van der Waals surface area contributed by atoms with Crippen LogP contribution in [0.1, 0.15) is 6.92 Å². The Morgan fingerprint density at radius 3 is 2.50 bits per heavy atom. The van der Waals surface area contributed by atoms with Gasteiger partial charge in [0.05, 0.1) is 11.4 Å². The van der Waals surface area contributed by atoms with Crippen molar-refractivity contribution < 1.29 is 17.8 Å². The summed E-state index contributed by atoms with van der Waals surface area (Å²) < 4.78 is 32.4. The highest BCUT2D eigenvalue weighted by Gasteiger charge is 2.35. The van der Waals surface area contributed by atoms with Gasteiger partial charge in [-0.05, 0) is 31.3 Å². The largest absolute Gasteiger partial charge is 0.374 e. The number of nitrogens with two attached hydrogens (primary N) is 1. The van der Waals surface area contributed by atoms with Crippen LogP contribution in [-0.2, 0) is 14.9 Å². The molecule has 1 aliphatic heterocycles. The van der Waals surface area contributed by atoms with Gasteiger partial charge in [-0.1, -0.05) is 24.3 Å². The van der Waals surface area contributed by atoms with Gasteiger partial charge in [0, 0.05) is 10.8 Å². The van der Waals surface area contributed by atoms with Crippen LogP contribution in [-0.4, -0.2) is 40.8 Å². The first-order valence-electron chi connectivity index (χ1n) is 7.28. The summed E-state index contributed by atoms with van der Waals surface area (Å²) in [4.78, 5) is 12.0. The number of fused-ring (bicyclic) bond motifs is 1. The average molecular weight is 391 g/mol. The molecule has 3 N–H and O–H groups in total. The van der Waals surface area contributed by atoms with Gasteiger partial charge in [0.25, 0.3) is 16.0 Å². The average Bonchev–Trinajstić information content (AvgIpc) is 2.86. The van der Waals surface area contributed by atoms with Crippen LogP contribution in [0.25, 0.3) is 10.8 Å². The molecular weight excluding hydrogens is 378 g/mol. The summed E-state index contributed by atoms with van der Waals surface area (Å²) in [5, 5.41) is 13.5. The van der Waals surface area contributed by atoms with Crippen molar-refractivity contribution in [2.45, 2.75) is 17.9 Å². The summed E-state index contributed by atoms with van der Waals surface area (Å²) in [6, 6.07) is 8.16. The molecule has 1 heterocycles. The summed E-state index contributed by atoms with van der Waals surface area (Å²) in [7, 11) is -4.39. The molecule has 0 unspecified atom stereocenters. The third kappa shape index (κ3) is 3.19. The molecule has 2 aromatic rings. The first kappa shape index (κ1) is 18.0. The minimum Gasteiger partial charge on any atom is -0.374 e. The molecule has 0 spiro atoms. The van der Waals surface area contributed by atoms with Crippen LogP contribution in [0.15, 0.2) is 56.6 Å². The number of hydrazone groups is 1. The Morgan fingerprint density at radius 1 is 1.27 bits per heavy atom. The zero-order chi connectivity index (χ0) is 19.1. The first-order chi connectivity index (χ1) is 12.2. The number of rotatable bonds is 3. The number of carbonyl (C=O) groups excluding carboxylic acids is 1. The van der Waals surface area contributed by atoms with Crippen molar-refractivity contribution in [3.63, 3.8) is 0 Å². The molecule has 0 fully saturated rings. The summed E-state index contributed by atoms with van der Waals surface area (Å²) in [5.74, 6) is -0.516. The van der Waals surface area contributed by atoms with E-state index >= 15 is 0 Å². The molecule has 1 atom stereocenters. The van der Waals surface area contributed by atoms with Crippen molar-refractivity contribution in [3.8, 4) is 0 Å². The fourth-order valence-corrected chi connectivity index (χ4v) is 3.36. The normalized spacial score (nSPS) is 17.9. The molecule has 0 bridgehead atoms. The van der Waals surface area contributed by atoms with Crippen molar-refractivity contribution in [3.05, 3.63) is 36.4 Å². The van der Waals surface area contributed by atoms with Gasteiger partial charge in [-0.25, -0.2) is 0 Å². The minimum atomic E-state index is -4.39. The number of azo groups is 1. The van der Waals surface area contributed by atoms with E-state index in [1.807, 2.05) is 0 Å². The summed E-state index contributed by atoms with van der Waals surface area (Å²) in [5.41, 5.74) is 6.14. The number of carbonyl (C=O) groups is 1. The van der Waals surface area contributed by atoms with E-state index in [2.05, 4.69) is 15.3 Å². The van der Waals surface area contributed by atoms with Crippen LogP contribution in [0.3, 0.4) is 0 Å². The standard InChI is InChI=1S/C15H13N5O4S2/c1-8-13(14(21)20(19-8)15(16)25)18-17-11-6-7-12(26(22,23)24)10-5-3-2-4-9(10)11/h2-7,13H,1H3,(H2,16,25)(H,22,23,24)/t13-/m1/s1. The Kier molecular flexibility index (Phi) is 4.52. The van der Waals surface area contributed by atoms with Crippen molar-refractivity contribution in [1.29, 1.82) is 0 Å². The Labute approximate surface area is 153 Å². The molecule has 0 saturated heterocycles. The summed E-state index contributed by atoms with van der Waals surface area (Å²) in [6.07, 6.45) is 0. The van der Waals surface area contributed by atoms with E-state index in [4.69, 9.17) is 18.0 Å². The maximum Gasteiger partial charge on any atom is 0.295 e. The van der Waals surface area contributed by atoms with E-state index in [9.17, 15) is 17.8 Å². The maximum absolute atomic E-state index is 12.2. The molecular formula is C15H13N5O4S2. The number of hydrogen-bond acceptors (Lipinski definition) is 7. The monoisotopic (exact) mass is 391 g/mol. The van der Waals surface area contributed by atoms with Gasteiger partial charge in [0.2, 0.25) is 0 Å². The van der Waals surface area contributed by atoms with E-state index in [-0.39, 0.29) is 10.0 Å². The second-order valence-electron chi connectivity index (χ2n) is 5.45. The van der Waals surface area contributed by atoms with Crippen molar-refractivity contribution in [1.82, 2.24) is 5.01 Å². The summed E-state index contributed by atoms with van der Waals surface area (Å²) in [6.45, 7) is 1.60.